The average Bonchev–Trinajstić information content (AvgIpc) is 2.51. The lowest BCUT2D eigenvalue weighted by Crippen LogP contribution is -2.28. The lowest BCUT2D eigenvalue weighted by molar-refractivity contribution is -0.0500. The monoisotopic (exact) mass is 309 g/mol. The summed E-state index contributed by atoms with van der Waals surface area (Å²) in [4.78, 5) is 0.500. The second-order valence-corrected chi connectivity index (χ2v) is 5.76. The summed E-state index contributed by atoms with van der Waals surface area (Å²) in [5.74, 6) is -0.408. The van der Waals surface area contributed by atoms with Gasteiger partial charge in [-0.05, 0) is 23.8 Å². The zero-order valence-corrected chi connectivity index (χ0v) is 10.7. The van der Waals surface area contributed by atoms with Gasteiger partial charge in [0.2, 0.25) is 0 Å². The third kappa shape index (κ3) is 3.10. The van der Waals surface area contributed by atoms with E-state index in [-0.39, 0.29) is 0 Å². The summed E-state index contributed by atoms with van der Waals surface area (Å²) in [6.45, 7) is 0. The van der Waals surface area contributed by atoms with Crippen LogP contribution in [0.4, 0.5) is 13.2 Å². The number of alkyl halides is 3. The number of rotatable bonds is 2. The molecule has 9 heteroatoms. The Labute approximate surface area is 111 Å². The van der Waals surface area contributed by atoms with Crippen LogP contribution in [0.2, 0.25) is 0 Å². The van der Waals surface area contributed by atoms with Gasteiger partial charge in [-0.3, -0.25) is 0 Å². The molecule has 2 rings (SSSR count). The number of benzene rings is 1. The molecular weight excluding hydrogens is 303 g/mol. The van der Waals surface area contributed by atoms with Crippen LogP contribution in [-0.4, -0.2) is 20.1 Å². The van der Waals surface area contributed by atoms with Crippen molar-refractivity contribution in [2.75, 3.05) is 0 Å². The Morgan fingerprint density at radius 3 is 2.68 bits per heavy atom. The highest BCUT2D eigenvalue weighted by Gasteiger charge is 2.48. The summed E-state index contributed by atoms with van der Waals surface area (Å²) in [5.41, 5.74) is -4.75. The van der Waals surface area contributed by atoms with Gasteiger partial charge >= 0.3 is 15.6 Å². The van der Waals surface area contributed by atoms with Gasteiger partial charge in [-0.1, -0.05) is 12.1 Å². The highest BCUT2D eigenvalue weighted by atomic mass is 32.2. The van der Waals surface area contributed by atoms with E-state index in [0.717, 1.165) is 18.0 Å². The third-order valence-electron chi connectivity index (χ3n) is 2.05. The Balaban J connectivity index is 2.32. The van der Waals surface area contributed by atoms with Crippen LogP contribution in [0.15, 0.2) is 33.6 Å². The lowest BCUT2D eigenvalue weighted by atomic mass is 10.2. The molecule has 1 aliphatic rings. The van der Waals surface area contributed by atoms with Crippen molar-refractivity contribution >= 4 is 34.4 Å². The Kier molecular flexibility index (Phi) is 3.59. The van der Waals surface area contributed by atoms with Gasteiger partial charge in [0.25, 0.3) is 0 Å². The summed E-state index contributed by atoms with van der Waals surface area (Å²) in [6, 6.07) is 3.80. The summed E-state index contributed by atoms with van der Waals surface area (Å²) in [7, 11) is -5.65. The zero-order valence-electron chi connectivity index (χ0n) is 9.09. The Morgan fingerprint density at radius 2 is 2.00 bits per heavy atom. The van der Waals surface area contributed by atoms with Gasteiger partial charge in [-0.25, -0.2) is 4.40 Å². The van der Waals surface area contributed by atoms with Crippen molar-refractivity contribution in [3.63, 3.8) is 0 Å². The first-order valence-electron chi connectivity index (χ1n) is 4.81. The maximum atomic E-state index is 12.2. The summed E-state index contributed by atoms with van der Waals surface area (Å²) >= 11 is 1.01. The second kappa shape index (κ2) is 4.89. The maximum absolute atomic E-state index is 12.2. The average molecular weight is 309 g/mol. The summed E-state index contributed by atoms with van der Waals surface area (Å²) in [5, 5.41) is 0. The van der Waals surface area contributed by atoms with E-state index in [1.807, 2.05) is 0 Å². The minimum Gasteiger partial charge on any atom is -0.376 e. The SMILES string of the molecule is O=S(=O)(Oc1ccc2c(c1)SN=CC=C2)C(F)(F)F. The van der Waals surface area contributed by atoms with E-state index >= 15 is 0 Å². The molecule has 1 aromatic carbocycles. The summed E-state index contributed by atoms with van der Waals surface area (Å²) in [6.07, 6.45) is 4.87. The molecule has 19 heavy (non-hydrogen) atoms. The van der Waals surface area contributed by atoms with Gasteiger partial charge in [0.1, 0.15) is 5.75 Å². The van der Waals surface area contributed by atoms with Gasteiger partial charge < -0.3 is 4.18 Å². The van der Waals surface area contributed by atoms with Crippen LogP contribution in [-0.2, 0) is 10.1 Å². The number of hydrogen-bond acceptors (Lipinski definition) is 5. The first-order chi connectivity index (χ1) is 8.79. The van der Waals surface area contributed by atoms with Crippen molar-refractivity contribution in [1.29, 1.82) is 0 Å². The molecule has 0 atom stereocenters. The third-order valence-corrected chi connectivity index (χ3v) is 3.80. The predicted octanol–water partition coefficient (Wildman–Crippen LogP) is 3.02. The molecule has 0 spiro atoms. The van der Waals surface area contributed by atoms with Crippen LogP contribution in [0.25, 0.3) is 6.08 Å². The molecule has 0 aromatic heterocycles. The van der Waals surface area contributed by atoms with Crippen molar-refractivity contribution in [3.05, 3.63) is 29.8 Å². The van der Waals surface area contributed by atoms with Crippen molar-refractivity contribution in [3.8, 4) is 5.75 Å². The molecule has 4 nitrogen and oxygen atoms in total. The molecule has 0 saturated carbocycles. The first kappa shape index (κ1) is 13.9. The topological polar surface area (TPSA) is 55.7 Å². The van der Waals surface area contributed by atoms with Crippen molar-refractivity contribution in [2.24, 2.45) is 4.40 Å². The minimum atomic E-state index is -5.65. The molecule has 1 aliphatic heterocycles. The van der Waals surface area contributed by atoms with Crippen LogP contribution in [0.3, 0.4) is 0 Å². The molecule has 0 amide bonds. The van der Waals surface area contributed by atoms with Crippen molar-refractivity contribution < 1.29 is 25.8 Å². The van der Waals surface area contributed by atoms with Gasteiger partial charge in [0.15, 0.2) is 0 Å². The Bertz CT molecular complexity index is 650. The number of fused-ring (bicyclic) bond motifs is 1. The Morgan fingerprint density at radius 1 is 1.26 bits per heavy atom. The zero-order chi connectivity index (χ0) is 14.1. The molecule has 0 fully saturated rings. The fraction of sp³-hybridized carbons (Fsp3) is 0.100. The van der Waals surface area contributed by atoms with Crippen molar-refractivity contribution in [2.45, 2.75) is 10.4 Å². The van der Waals surface area contributed by atoms with E-state index in [1.54, 1.807) is 12.2 Å². The fourth-order valence-corrected chi connectivity index (χ4v) is 2.33. The number of halogens is 3. The van der Waals surface area contributed by atoms with Crippen LogP contribution in [0.5, 0.6) is 5.75 Å². The van der Waals surface area contributed by atoms with Crippen molar-refractivity contribution in [1.82, 2.24) is 0 Å². The molecule has 1 heterocycles. The molecule has 0 saturated heterocycles. The fourth-order valence-electron chi connectivity index (χ4n) is 1.23. The van der Waals surface area contributed by atoms with E-state index in [0.29, 0.717) is 10.5 Å². The second-order valence-electron chi connectivity index (χ2n) is 3.39. The molecule has 0 radical (unpaired) electrons. The van der Waals surface area contributed by atoms with Gasteiger partial charge in [0.05, 0.1) is 0 Å². The molecule has 0 unspecified atom stereocenters. The number of allylic oxidation sites excluding steroid dienone is 1. The van der Waals surface area contributed by atoms with E-state index in [4.69, 9.17) is 0 Å². The van der Waals surface area contributed by atoms with Crippen LogP contribution in [0, 0.1) is 0 Å². The Hall–Kier alpha value is -1.48. The lowest BCUT2D eigenvalue weighted by Gasteiger charge is -2.10. The normalized spacial score (nSPS) is 14.9. The van der Waals surface area contributed by atoms with Gasteiger partial charge in [0, 0.05) is 23.1 Å². The molecule has 1 aromatic rings. The highest BCUT2D eigenvalue weighted by molar-refractivity contribution is 7.98. The van der Waals surface area contributed by atoms with Gasteiger partial charge in [-0.2, -0.15) is 21.6 Å². The summed E-state index contributed by atoms with van der Waals surface area (Å²) < 4.78 is 66.1. The van der Waals surface area contributed by atoms with Crippen LogP contribution in [0.1, 0.15) is 5.56 Å². The van der Waals surface area contributed by atoms with Crippen LogP contribution >= 0.6 is 11.9 Å². The molecule has 0 N–H and O–H groups in total. The smallest absolute Gasteiger partial charge is 0.376 e. The van der Waals surface area contributed by atoms with E-state index in [2.05, 4.69) is 8.58 Å². The van der Waals surface area contributed by atoms with E-state index in [1.165, 1.54) is 18.3 Å². The standard InChI is InChI=1S/C10H6F3NO3S2/c11-10(12,13)19(15,16)17-8-4-3-7-2-1-5-14-18-9(7)6-8/h1-6H. The first-order valence-corrected chi connectivity index (χ1v) is 7.00. The van der Waals surface area contributed by atoms with Gasteiger partial charge in [-0.15, -0.1) is 0 Å². The quantitative estimate of drug-likeness (QED) is 0.479. The maximum Gasteiger partial charge on any atom is 0.534 e. The number of nitrogens with zero attached hydrogens (tertiary/aromatic N) is 1. The van der Waals surface area contributed by atoms with Crippen LogP contribution < -0.4 is 4.18 Å². The molecule has 0 bridgehead atoms. The highest BCUT2D eigenvalue weighted by Crippen LogP contribution is 2.33. The number of hydrogen-bond donors (Lipinski definition) is 0. The van der Waals surface area contributed by atoms with E-state index < -0.39 is 21.4 Å². The van der Waals surface area contributed by atoms with E-state index in [9.17, 15) is 21.6 Å². The molecule has 102 valence electrons. The predicted molar refractivity (Wildman–Crippen MR) is 65.4 cm³/mol. The molecule has 0 aliphatic carbocycles. The molecular formula is C10H6F3NO3S2. The largest absolute Gasteiger partial charge is 0.534 e. The minimum absolute atomic E-state index is 0.408.